The van der Waals surface area contributed by atoms with E-state index in [1.807, 2.05) is 13.0 Å². The Labute approximate surface area is 113 Å². The van der Waals surface area contributed by atoms with Crippen LogP contribution in [0, 0.1) is 5.92 Å². The lowest BCUT2D eigenvalue weighted by Crippen LogP contribution is -2.14. The van der Waals surface area contributed by atoms with Gasteiger partial charge in [0.2, 0.25) is 0 Å². The number of unbranched alkanes of at least 4 members (excludes halogenated alkanes) is 3. The second-order valence-corrected chi connectivity index (χ2v) is 5.04. The molecule has 0 radical (unpaired) electrons. The summed E-state index contributed by atoms with van der Waals surface area (Å²) >= 11 is 0. The second-order valence-electron chi connectivity index (χ2n) is 5.04. The lowest BCUT2D eigenvalue weighted by molar-refractivity contribution is -0.140. The summed E-state index contributed by atoms with van der Waals surface area (Å²) in [7, 11) is 0. The highest BCUT2D eigenvalue weighted by Crippen LogP contribution is 2.14. The van der Waals surface area contributed by atoms with Crippen LogP contribution in [-0.4, -0.2) is 12.6 Å². The first-order valence-electron chi connectivity index (χ1n) is 7.49. The first-order valence-corrected chi connectivity index (χ1v) is 7.49. The van der Waals surface area contributed by atoms with E-state index in [4.69, 9.17) is 4.74 Å². The van der Waals surface area contributed by atoms with Crippen LogP contribution in [0.1, 0.15) is 72.6 Å². The number of carbonyl (C=O) groups is 1. The molecule has 0 fully saturated rings. The number of carbonyl (C=O) groups excluding carboxylic acids is 1. The molecule has 0 aliphatic heterocycles. The molecule has 0 saturated heterocycles. The number of hydrogen-bond acceptors (Lipinski definition) is 2. The molecule has 0 aliphatic carbocycles. The van der Waals surface area contributed by atoms with Crippen molar-refractivity contribution in [3.63, 3.8) is 0 Å². The van der Waals surface area contributed by atoms with E-state index in [2.05, 4.69) is 20.8 Å². The van der Waals surface area contributed by atoms with Gasteiger partial charge in [-0.25, -0.2) is 4.79 Å². The van der Waals surface area contributed by atoms with Crippen LogP contribution in [0.4, 0.5) is 0 Å². The molecular weight excluding hydrogens is 224 g/mol. The zero-order valence-corrected chi connectivity index (χ0v) is 12.6. The van der Waals surface area contributed by atoms with E-state index in [1.54, 1.807) is 0 Å². The normalized spacial score (nSPS) is 13.4. The van der Waals surface area contributed by atoms with E-state index < -0.39 is 0 Å². The van der Waals surface area contributed by atoms with E-state index in [1.165, 1.54) is 19.3 Å². The van der Waals surface area contributed by atoms with Crippen molar-refractivity contribution in [2.75, 3.05) is 6.61 Å². The fourth-order valence-electron chi connectivity index (χ4n) is 1.81. The predicted molar refractivity (Wildman–Crippen MR) is 77.5 cm³/mol. The molecule has 18 heavy (non-hydrogen) atoms. The van der Waals surface area contributed by atoms with Gasteiger partial charge in [0.1, 0.15) is 0 Å². The van der Waals surface area contributed by atoms with Gasteiger partial charge in [-0.15, -0.1) is 0 Å². The summed E-state index contributed by atoms with van der Waals surface area (Å²) in [5.41, 5.74) is 0.758. The zero-order valence-electron chi connectivity index (χ0n) is 12.6. The van der Waals surface area contributed by atoms with E-state index in [-0.39, 0.29) is 5.97 Å². The second kappa shape index (κ2) is 11.3. The highest BCUT2D eigenvalue weighted by molar-refractivity contribution is 5.87. The van der Waals surface area contributed by atoms with Crippen LogP contribution >= 0.6 is 0 Å². The smallest absolute Gasteiger partial charge is 0.333 e. The molecule has 0 N–H and O–H groups in total. The molecular formula is C16H30O2. The predicted octanol–water partition coefficient (Wildman–Crippen LogP) is 4.88. The Balaban J connectivity index is 3.95. The van der Waals surface area contributed by atoms with Crippen LogP contribution in [0.15, 0.2) is 11.6 Å². The number of esters is 1. The summed E-state index contributed by atoms with van der Waals surface area (Å²) in [5.74, 6) is 0.387. The lowest BCUT2D eigenvalue weighted by atomic mass is 10.0. The molecule has 1 atom stereocenters. The van der Waals surface area contributed by atoms with Crippen LogP contribution in [0.3, 0.4) is 0 Å². The molecule has 0 saturated carbocycles. The molecule has 0 amide bonds. The van der Waals surface area contributed by atoms with Gasteiger partial charge in [0.25, 0.3) is 0 Å². The number of rotatable bonds is 10. The van der Waals surface area contributed by atoms with Gasteiger partial charge in [-0.2, -0.15) is 0 Å². The third-order valence-corrected chi connectivity index (χ3v) is 3.32. The highest BCUT2D eigenvalue weighted by atomic mass is 16.5. The standard InChI is InChI=1S/C16H30O2/c1-5-8-10-11-14(4)16(17)18-13-15(7-3)12-9-6-2/h11,15H,5-10,12-13H2,1-4H3. The molecule has 0 rings (SSSR count). The zero-order chi connectivity index (χ0) is 13.8. The van der Waals surface area contributed by atoms with Gasteiger partial charge in [0.15, 0.2) is 0 Å². The maximum atomic E-state index is 11.7. The Bertz CT molecular complexity index is 243. The minimum atomic E-state index is -0.138. The molecule has 1 unspecified atom stereocenters. The Kier molecular flexibility index (Phi) is 10.8. The third kappa shape index (κ3) is 8.32. The van der Waals surface area contributed by atoms with E-state index in [9.17, 15) is 4.79 Å². The van der Waals surface area contributed by atoms with Crippen LogP contribution in [0.25, 0.3) is 0 Å². The molecule has 0 bridgehead atoms. The Hall–Kier alpha value is -0.790. The summed E-state index contributed by atoms with van der Waals surface area (Å²) in [6.07, 6.45) is 9.96. The van der Waals surface area contributed by atoms with Crippen molar-refractivity contribution >= 4 is 5.97 Å². The summed E-state index contributed by atoms with van der Waals surface area (Å²) in [6.45, 7) is 8.94. The van der Waals surface area contributed by atoms with Crippen molar-refractivity contribution in [2.45, 2.75) is 72.6 Å². The molecule has 106 valence electrons. The van der Waals surface area contributed by atoms with Gasteiger partial charge in [-0.1, -0.05) is 59.0 Å². The van der Waals surface area contributed by atoms with Gasteiger partial charge in [-0.05, 0) is 25.7 Å². The SMILES string of the molecule is CCCCC=C(C)C(=O)OCC(CC)CCCC. The summed E-state index contributed by atoms with van der Waals surface area (Å²) in [6, 6.07) is 0. The molecule has 0 aliphatic rings. The van der Waals surface area contributed by atoms with Gasteiger partial charge in [0, 0.05) is 5.57 Å². The van der Waals surface area contributed by atoms with Gasteiger partial charge < -0.3 is 4.74 Å². The summed E-state index contributed by atoms with van der Waals surface area (Å²) in [5, 5.41) is 0. The Morgan fingerprint density at radius 3 is 2.39 bits per heavy atom. The van der Waals surface area contributed by atoms with E-state index >= 15 is 0 Å². The molecule has 0 aromatic carbocycles. The average Bonchev–Trinajstić information content (AvgIpc) is 2.38. The van der Waals surface area contributed by atoms with Gasteiger partial charge >= 0.3 is 5.97 Å². The fraction of sp³-hybridized carbons (Fsp3) is 0.812. The topological polar surface area (TPSA) is 26.3 Å². The molecule has 0 aromatic heterocycles. The van der Waals surface area contributed by atoms with Gasteiger partial charge in [-0.3, -0.25) is 0 Å². The minimum Gasteiger partial charge on any atom is -0.462 e. The fourth-order valence-corrected chi connectivity index (χ4v) is 1.81. The first-order chi connectivity index (χ1) is 8.65. The molecule has 0 aromatic rings. The molecule has 0 heterocycles. The molecule has 2 heteroatoms. The van der Waals surface area contributed by atoms with Crippen molar-refractivity contribution in [3.05, 3.63) is 11.6 Å². The van der Waals surface area contributed by atoms with E-state index in [0.717, 1.165) is 31.3 Å². The van der Waals surface area contributed by atoms with Crippen molar-refractivity contribution in [1.29, 1.82) is 0 Å². The Morgan fingerprint density at radius 1 is 1.17 bits per heavy atom. The monoisotopic (exact) mass is 254 g/mol. The minimum absolute atomic E-state index is 0.138. The maximum absolute atomic E-state index is 11.7. The summed E-state index contributed by atoms with van der Waals surface area (Å²) in [4.78, 5) is 11.7. The number of ether oxygens (including phenoxy) is 1. The Morgan fingerprint density at radius 2 is 1.83 bits per heavy atom. The average molecular weight is 254 g/mol. The summed E-state index contributed by atoms with van der Waals surface area (Å²) < 4.78 is 5.38. The quantitative estimate of drug-likeness (QED) is 0.315. The third-order valence-electron chi connectivity index (χ3n) is 3.32. The van der Waals surface area contributed by atoms with Crippen LogP contribution in [0.2, 0.25) is 0 Å². The lowest BCUT2D eigenvalue weighted by Gasteiger charge is -2.14. The molecule has 0 spiro atoms. The largest absolute Gasteiger partial charge is 0.462 e. The van der Waals surface area contributed by atoms with Crippen LogP contribution in [0.5, 0.6) is 0 Å². The maximum Gasteiger partial charge on any atom is 0.333 e. The number of hydrogen-bond donors (Lipinski definition) is 0. The number of allylic oxidation sites excluding steroid dienone is 1. The van der Waals surface area contributed by atoms with Gasteiger partial charge in [0.05, 0.1) is 6.61 Å². The van der Waals surface area contributed by atoms with Crippen molar-refractivity contribution in [1.82, 2.24) is 0 Å². The first kappa shape index (κ1) is 17.2. The van der Waals surface area contributed by atoms with Crippen LogP contribution < -0.4 is 0 Å². The van der Waals surface area contributed by atoms with Crippen LogP contribution in [-0.2, 0) is 9.53 Å². The highest BCUT2D eigenvalue weighted by Gasteiger charge is 2.10. The van der Waals surface area contributed by atoms with E-state index in [0.29, 0.717) is 12.5 Å². The molecule has 2 nitrogen and oxygen atoms in total. The van der Waals surface area contributed by atoms with Crippen molar-refractivity contribution < 1.29 is 9.53 Å². The van der Waals surface area contributed by atoms with Crippen molar-refractivity contribution in [3.8, 4) is 0 Å². The van der Waals surface area contributed by atoms with Crippen molar-refractivity contribution in [2.24, 2.45) is 5.92 Å².